The molecule has 0 fully saturated rings. The van der Waals surface area contributed by atoms with Crippen LogP contribution in [-0.4, -0.2) is 13.9 Å². The van der Waals surface area contributed by atoms with Crippen molar-refractivity contribution < 1.29 is 25.2 Å². The molecule has 3 nitrogen and oxygen atoms in total. The van der Waals surface area contributed by atoms with Gasteiger partial charge in [0.25, 0.3) is 0 Å². The van der Waals surface area contributed by atoms with Crippen molar-refractivity contribution in [1.82, 2.24) is 0 Å². The molecule has 35 heavy (non-hydrogen) atoms. The van der Waals surface area contributed by atoms with Crippen LogP contribution in [0.2, 0.25) is 0 Å². The number of hydrogen-bond donors (Lipinski definition) is 0. The van der Waals surface area contributed by atoms with Crippen molar-refractivity contribution in [3.05, 3.63) is 115 Å². The van der Waals surface area contributed by atoms with Crippen LogP contribution in [-0.2, 0) is 13.7 Å². The predicted octanol–water partition coefficient (Wildman–Crippen LogP) is 8.55. The first-order valence-corrected chi connectivity index (χ1v) is 15.3. The summed E-state index contributed by atoms with van der Waals surface area (Å²) in [6.45, 7) is 0. The van der Waals surface area contributed by atoms with Gasteiger partial charge in [-0.1, -0.05) is 76.2 Å². The predicted molar refractivity (Wildman–Crippen MR) is 136 cm³/mol. The molecule has 0 amide bonds. The fraction of sp³-hybridized carbons (Fsp3) is 0.0400. The molecular formula is C25H19F3O3S4. The molecule has 0 unspecified atom stereocenters. The van der Waals surface area contributed by atoms with Gasteiger partial charge >= 0.3 is 15.6 Å². The maximum atomic E-state index is 13.5. The van der Waals surface area contributed by atoms with Gasteiger partial charge in [0.1, 0.15) is 0 Å². The lowest BCUT2D eigenvalue weighted by atomic mass is 10.4. The van der Waals surface area contributed by atoms with Crippen LogP contribution in [0, 0.1) is 0 Å². The van der Waals surface area contributed by atoms with Gasteiger partial charge in [-0.05, 0) is 71.0 Å². The van der Waals surface area contributed by atoms with E-state index in [4.69, 9.17) is 3.63 Å². The highest BCUT2D eigenvalue weighted by Crippen LogP contribution is 2.70. The van der Waals surface area contributed by atoms with Crippen molar-refractivity contribution in [2.75, 3.05) is 0 Å². The monoisotopic (exact) mass is 552 g/mol. The van der Waals surface area contributed by atoms with Gasteiger partial charge in [0.2, 0.25) is 0 Å². The van der Waals surface area contributed by atoms with Crippen molar-refractivity contribution in [3.8, 4) is 0 Å². The first kappa shape index (κ1) is 25.7. The summed E-state index contributed by atoms with van der Waals surface area (Å²) >= 11 is 0. The molecule has 0 aliphatic carbocycles. The molecule has 10 heteroatoms. The topological polar surface area (TPSA) is 43.4 Å². The Bertz CT molecular complexity index is 1310. The van der Waals surface area contributed by atoms with Crippen LogP contribution >= 0.6 is 31.9 Å². The lowest BCUT2D eigenvalue weighted by Gasteiger charge is -2.39. The van der Waals surface area contributed by atoms with Gasteiger partial charge in [0, 0.05) is 24.5 Å². The minimum Gasteiger partial charge on any atom is -0.200 e. The normalized spacial score (nSPS) is 12.9. The molecule has 0 heterocycles. The van der Waals surface area contributed by atoms with Gasteiger partial charge in [0.05, 0.1) is 0 Å². The van der Waals surface area contributed by atoms with Crippen LogP contribution in [0.15, 0.2) is 140 Å². The zero-order chi connectivity index (χ0) is 24.9. The van der Waals surface area contributed by atoms with E-state index >= 15 is 0 Å². The van der Waals surface area contributed by atoms with Crippen LogP contribution in [0.3, 0.4) is 0 Å². The zero-order valence-electron chi connectivity index (χ0n) is 18.0. The third kappa shape index (κ3) is 5.73. The number of hydrogen-bond acceptors (Lipinski definition) is 5. The summed E-state index contributed by atoms with van der Waals surface area (Å²) in [6, 6.07) is 32.8. The third-order valence-electron chi connectivity index (χ3n) is 4.76. The molecule has 4 aromatic rings. The van der Waals surface area contributed by atoms with E-state index in [0.29, 0.717) is 14.7 Å². The smallest absolute Gasteiger partial charge is 0.200 e. The van der Waals surface area contributed by atoms with Crippen molar-refractivity contribution in [3.63, 3.8) is 0 Å². The Labute approximate surface area is 211 Å². The Kier molecular flexibility index (Phi) is 7.87. The highest BCUT2D eigenvalue weighted by atomic mass is 33.1. The van der Waals surface area contributed by atoms with Crippen LogP contribution in [0.5, 0.6) is 0 Å². The van der Waals surface area contributed by atoms with Gasteiger partial charge in [-0.2, -0.15) is 25.2 Å². The average molecular weight is 553 g/mol. The van der Waals surface area contributed by atoms with Gasteiger partial charge in [-0.15, -0.1) is 0 Å². The summed E-state index contributed by atoms with van der Waals surface area (Å²) in [7, 11) is -6.18. The fourth-order valence-corrected chi connectivity index (χ4v) is 9.88. The second kappa shape index (κ2) is 10.7. The maximum Gasteiger partial charge on any atom is 0.524 e. The zero-order valence-corrected chi connectivity index (χ0v) is 21.2. The first-order chi connectivity index (χ1) is 16.7. The summed E-state index contributed by atoms with van der Waals surface area (Å²) < 4.78 is 70.6. The van der Waals surface area contributed by atoms with E-state index in [1.807, 2.05) is 30.3 Å². The summed E-state index contributed by atoms with van der Waals surface area (Å²) in [5, 5.41) is 0. The average Bonchev–Trinajstić information content (AvgIpc) is 2.87. The number of benzene rings is 4. The van der Waals surface area contributed by atoms with Gasteiger partial charge in [0.15, 0.2) is 0 Å². The summed E-state index contributed by atoms with van der Waals surface area (Å²) in [4.78, 5) is 2.90. The van der Waals surface area contributed by atoms with E-state index in [1.165, 1.54) is 10.8 Å². The highest BCUT2D eigenvalue weighted by molar-refractivity contribution is 8.76. The molecule has 0 spiro atoms. The molecule has 0 aliphatic rings. The molecule has 0 N–H and O–H groups in total. The van der Waals surface area contributed by atoms with Crippen LogP contribution in [0.25, 0.3) is 0 Å². The number of rotatable bonds is 8. The Morgan fingerprint density at radius 3 is 1.34 bits per heavy atom. The second-order valence-corrected chi connectivity index (χ2v) is 13.8. The Morgan fingerprint density at radius 1 is 0.543 bits per heavy atom. The fourth-order valence-electron chi connectivity index (χ4n) is 3.18. The Morgan fingerprint density at radius 2 is 0.914 bits per heavy atom. The van der Waals surface area contributed by atoms with Crippen LogP contribution in [0.4, 0.5) is 13.2 Å². The molecule has 0 atom stereocenters. The molecule has 182 valence electrons. The Balaban J connectivity index is 1.82. The van der Waals surface area contributed by atoms with E-state index in [2.05, 4.69) is 0 Å². The first-order valence-electron chi connectivity index (χ1n) is 10.2. The lowest BCUT2D eigenvalue weighted by molar-refractivity contribution is -0.0496. The summed E-state index contributed by atoms with van der Waals surface area (Å²) in [5.41, 5.74) is -5.57. The Hall–Kier alpha value is -2.37. The number of halogens is 3. The molecule has 0 saturated carbocycles. The molecule has 0 aliphatic heterocycles. The summed E-state index contributed by atoms with van der Waals surface area (Å²) in [6.07, 6.45) is 0. The van der Waals surface area contributed by atoms with Gasteiger partial charge in [-0.3, -0.25) is 0 Å². The molecule has 4 rings (SSSR count). The van der Waals surface area contributed by atoms with E-state index in [9.17, 15) is 21.6 Å². The van der Waals surface area contributed by atoms with E-state index in [0.717, 1.165) is 9.79 Å². The lowest BCUT2D eigenvalue weighted by Crippen LogP contribution is -2.27. The van der Waals surface area contributed by atoms with Crippen molar-refractivity contribution in [2.24, 2.45) is 0 Å². The van der Waals surface area contributed by atoms with Gasteiger partial charge in [-0.25, -0.2) is 0 Å². The molecule has 0 aromatic heterocycles. The minimum absolute atomic E-state index is 0.330. The molecule has 4 aromatic carbocycles. The van der Waals surface area contributed by atoms with Crippen molar-refractivity contribution in [2.45, 2.75) is 30.0 Å². The summed E-state index contributed by atoms with van der Waals surface area (Å²) in [5.74, 6) is 0. The van der Waals surface area contributed by atoms with Crippen molar-refractivity contribution >= 4 is 42.0 Å². The maximum absolute atomic E-state index is 13.5. The number of alkyl halides is 3. The van der Waals surface area contributed by atoms with Crippen molar-refractivity contribution in [1.29, 1.82) is 0 Å². The SMILES string of the molecule is O=S(=O)(OS(c1ccccc1)(c1ccccc1)c1ccc(SSc2ccccc2)cc1)C(F)(F)F. The molecular weight excluding hydrogens is 534 g/mol. The standard InChI is InChI=1S/C25H19F3O3S4/c26-25(27,28)35(29,30)31-34(22-12-6-2-7-13-22,23-14-8-3-9-15-23)24-18-16-21(17-19-24)33-32-20-10-4-1-5-11-20/h1-19H. The van der Waals surface area contributed by atoms with E-state index < -0.39 is 25.9 Å². The third-order valence-corrected chi connectivity index (χ3v) is 12.1. The van der Waals surface area contributed by atoms with E-state index in [1.54, 1.807) is 95.7 Å². The molecule has 0 bridgehead atoms. The quantitative estimate of drug-likeness (QED) is 0.162. The second-order valence-electron chi connectivity index (χ2n) is 7.10. The molecule has 0 radical (unpaired) electrons. The van der Waals surface area contributed by atoms with E-state index in [-0.39, 0.29) is 0 Å². The minimum atomic E-state index is -5.93. The highest BCUT2D eigenvalue weighted by Gasteiger charge is 2.52. The van der Waals surface area contributed by atoms with Gasteiger partial charge < -0.3 is 0 Å². The largest absolute Gasteiger partial charge is 0.524 e. The molecule has 0 saturated heterocycles. The van der Waals surface area contributed by atoms with Crippen LogP contribution in [0.1, 0.15) is 0 Å². The van der Waals surface area contributed by atoms with Crippen LogP contribution < -0.4 is 0 Å².